The first-order valence-electron chi connectivity index (χ1n) is 24.9. The third-order valence-corrected chi connectivity index (χ3v) is 16.3. The second-order valence-electron chi connectivity index (χ2n) is 20.1. The number of carbonyl (C=O) groups excluding carboxylic acids is 4. The molecule has 11 rings (SSSR count). The van der Waals surface area contributed by atoms with Gasteiger partial charge >= 0.3 is 6.03 Å². The van der Waals surface area contributed by atoms with Crippen molar-refractivity contribution in [2.45, 2.75) is 70.3 Å². The van der Waals surface area contributed by atoms with Crippen molar-refractivity contribution in [2.75, 3.05) is 75.2 Å². The number of imide groups is 1. The van der Waals surface area contributed by atoms with Crippen LogP contribution in [0.25, 0.3) is 33.1 Å². The van der Waals surface area contributed by atoms with Gasteiger partial charge in [-0.3, -0.25) is 39.4 Å². The number of aromatic amines is 1. The molecular formula is C52H58Cl2N12O5. The topological polar surface area (TPSA) is 178 Å². The number of pyridine rings is 2. The number of ether oxygens (including phenoxy) is 1. The number of likely N-dealkylation sites (tertiary alicyclic amines) is 3. The summed E-state index contributed by atoms with van der Waals surface area (Å²) in [4.78, 5) is 70.6. The van der Waals surface area contributed by atoms with Crippen LogP contribution in [0.3, 0.4) is 0 Å². The smallest absolute Gasteiger partial charge is 0.329 e. The molecule has 2 aromatic carbocycles. The van der Waals surface area contributed by atoms with E-state index in [-0.39, 0.29) is 35.5 Å². The van der Waals surface area contributed by atoms with E-state index in [9.17, 15) is 19.2 Å². The third-order valence-electron chi connectivity index (χ3n) is 15.7. The van der Waals surface area contributed by atoms with Gasteiger partial charge < -0.3 is 24.3 Å². The summed E-state index contributed by atoms with van der Waals surface area (Å²) < 4.78 is 8.08. The summed E-state index contributed by atoms with van der Waals surface area (Å²) in [7, 11) is 1.88. The molecule has 4 aromatic heterocycles. The lowest BCUT2D eigenvalue weighted by Gasteiger charge is -2.54. The van der Waals surface area contributed by atoms with Crippen LogP contribution in [-0.4, -0.2) is 134 Å². The molecular weight excluding hydrogens is 944 g/mol. The van der Waals surface area contributed by atoms with Crippen molar-refractivity contribution < 1.29 is 23.9 Å². The lowest BCUT2D eigenvalue weighted by molar-refractivity contribution is -0.142. The van der Waals surface area contributed by atoms with E-state index in [0.29, 0.717) is 59.1 Å². The number of hydrogen-bond donors (Lipinski definition) is 2. The van der Waals surface area contributed by atoms with Crippen LogP contribution in [0.4, 0.5) is 16.4 Å². The molecule has 19 heteroatoms. The molecule has 1 spiro atoms. The molecule has 5 fully saturated rings. The summed E-state index contributed by atoms with van der Waals surface area (Å²) in [5.74, 6) is 2.71. The quantitative estimate of drug-likeness (QED) is 0.130. The molecule has 0 radical (unpaired) electrons. The normalized spacial score (nSPS) is 19.7. The second kappa shape index (κ2) is 19.4. The van der Waals surface area contributed by atoms with Crippen LogP contribution >= 0.6 is 23.2 Å². The maximum atomic E-state index is 13.8. The van der Waals surface area contributed by atoms with Crippen LogP contribution < -0.4 is 19.9 Å². The number of aryl methyl sites for hydroxylation is 1. The van der Waals surface area contributed by atoms with E-state index in [1.165, 1.54) is 5.56 Å². The fourth-order valence-corrected chi connectivity index (χ4v) is 12.2. The molecule has 5 aliphatic rings. The molecule has 370 valence electrons. The van der Waals surface area contributed by atoms with Gasteiger partial charge in [0, 0.05) is 124 Å². The van der Waals surface area contributed by atoms with E-state index < -0.39 is 12.1 Å². The minimum Gasteiger partial charge on any atom is -0.486 e. The van der Waals surface area contributed by atoms with Crippen LogP contribution in [0.1, 0.15) is 81.4 Å². The number of benzene rings is 2. The molecule has 0 aliphatic carbocycles. The molecule has 0 unspecified atom stereocenters. The average molecular weight is 1000 g/mol. The monoisotopic (exact) mass is 1000 g/mol. The third kappa shape index (κ3) is 9.39. The fraction of sp³-hybridized carbons (Fsp3) is 0.462. The number of piperidine rings is 3. The Bertz CT molecular complexity index is 2980. The summed E-state index contributed by atoms with van der Waals surface area (Å²) in [5, 5.41) is 17.5. The lowest BCUT2D eigenvalue weighted by Crippen LogP contribution is -2.61. The first-order chi connectivity index (χ1) is 34.4. The van der Waals surface area contributed by atoms with Crippen molar-refractivity contribution >= 4 is 80.4 Å². The van der Waals surface area contributed by atoms with E-state index >= 15 is 0 Å². The minimum atomic E-state index is -0.435. The Hall–Kier alpha value is -6.30. The van der Waals surface area contributed by atoms with Crippen molar-refractivity contribution in [3.05, 3.63) is 88.3 Å². The molecule has 5 saturated heterocycles. The Kier molecular flexibility index (Phi) is 12.8. The summed E-state index contributed by atoms with van der Waals surface area (Å²) in [5.41, 5.74) is 5.67. The maximum absolute atomic E-state index is 13.8. The zero-order valence-electron chi connectivity index (χ0n) is 40.1. The van der Waals surface area contributed by atoms with E-state index in [0.717, 1.165) is 123 Å². The number of H-pyrrole nitrogens is 1. The maximum Gasteiger partial charge on any atom is 0.329 e. The summed E-state index contributed by atoms with van der Waals surface area (Å²) >= 11 is 12.8. The summed E-state index contributed by atoms with van der Waals surface area (Å²) in [6.07, 6.45) is 10.8. The highest BCUT2D eigenvalue weighted by Gasteiger charge is 2.46. The van der Waals surface area contributed by atoms with Gasteiger partial charge in [-0.05, 0) is 112 Å². The van der Waals surface area contributed by atoms with Gasteiger partial charge in [0.1, 0.15) is 23.4 Å². The standard InChI is InChI=1S/C52H58Cl2N12O5/c1-32(47-40(53)28-55-29-41(47)54)71-37-5-7-42-39(26-37)48(59-58-42)36-4-8-44(56-27-36)65-30-52(31-65)15-23-64(24-16-52)50(69)34-11-20-63(21-12-34)46(68)14-19-62-17-9-33(10-18-62)35-3-6-38-43(25-35)61(2)60-49(38)66-22-13-45(67)57-51(66)70/h3-8,25-29,32-34H,9-24,30-31H2,1-2H3,(H,58,59)(H,57,67,70)/t32-/m1/s1. The number of anilines is 2. The van der Waals surface area contributed by atoms with Gasteiger partial charge in [-0.25, -0.2) is 9.78 Å². The SMILES string of the molecule is C[C@@H](Oc1ccc2[nH]nc(-c3ccc(N4CC5(CCN(C(=O)C6CCN(C(=O)CCN7CCC(c8ccc9c(N%10CCC(=O)NC%10=O)nn(C)c9c8)CC7)CC6)CC5)C4)nc3)c2c1)c1c(Cl)cncc1Cl. The number of aromatic nitrogens is 6. The van der Waals surface area contributed by atoms with E-state index in [1.54, 1.807) is 17.3 Å². The molecule has 2 N–H and O–H groups in total. The van der Waals surface area contributed by atoms with Crippen molar-refractivity contribution in [3.63, 3.8) is 0 Å². The largest absolute Gasteiger partial charge is 0.486 e. The highest BCUT2D eigenvalue weighted by molar-refractivity contribution is 6.35. The average Bonchev–Trinajstić information content (AvgIpc) is 3.94. The van der Waals surface area contributed by atoms with Gasteiger partial charge in [-0.2, -0.15) is 10.2 Å². The van der Waals surface area contributed by atoms with Gasteiger partial charge in [0.25, 0.3) is 0 Å². The Morgan fingerprint density at radius 2 is 1.62 bits per heavy atom. The molecule has 17 nitrogen and oxygen atoms in total. The van der Waals surface area contributed by atoms with Gasteiger partial charge in [0.15, 0.2) is 5.82 Å². The summed E-state index contributed by atoms with van der Waals surface area (Å²) in [6, 6.07) is 15.9. The number of nitrogens with zero attached hydrogens (tertiary/aromatic N) is 10. The van der Waals surface area contributed by atoms with Gasteiger partial charge in [0.05, 0.1) is 21.1 Å². The first-order valence-corrected chi connectivity index (χ1v) is 25.7. The van der Waals surface area contributed by atoms with Crippen LogP contribution in [-0.2, 0) is 21.4 Å². The fourth-order valence-electron chi connectivity index (χ4n) is 11.5. The molecule has 6 aromatic rings. The van der Waals surface area contributed by atoms with Crippen LogP contribution in [0.15, 0.2) is 67.1 Å². The molecule has 5 aliphatic heterocycles. The molecule has 5 amide bonds. The van der Waals surface area contributed by atoms with E-state index in [2.05, 4.69) is 64.6 Å². The number of nitrogens with one attached hydrogen (secondary N) is 2. The molecule has 1 atom stereocenters. The minimum absolute atomic E-state index is 0.0283. The Morgan fingerprint density at radius 3 is 2.34 bits per heavy atom. The van der Waals surface area contributed by atoms with Crippen LogP contribution in [0.5, 0.6) is 5.75 Å². The molecule has 71 heavy (non-hydrogen) atoms. The van der Waals surface area contributed by atoms with Crippen molar-refractivity contribution in [1.29, 1.82) is 0 Å². The van der Waals surface area contributed by atoms with Crippen molar-refractivity contribution in [1.82, 2.24) is 50.0 Å². The van der Waals surface area contributed by atoms with Gasteiger partial charge in [-0.15, -0.1) is 0 Å². The van der Waals surface area contributed by atoms with Crippen LogP contribution in [0, 0.1) is 11.3 Å². The zero-order valence-corrected chi connectivity index (χ0v) is 41.6. The van der Waals surface area contributed by atoms with E-state index in [1.807, 2.05) is 54.0 Å². The van der Waals surface area contributed by atoms with E-state index in [4.69, 9.17) is 32.9 Å². The van der Waals surface area contributed by atoms with Crippen molar-refractivity contribution in [3.8, 4) is 17.0 Å². The number of carbonyl (C=O) groups is 4. The number of halogens is 2. The Morgan fingerprint density at radius 1 is 0.859 bits per heavy atom. The second-order valence-corrected chi connectivity index (χ2v) is 21.0. The van der Waals surface area contributed by atoms with Gasteiger partial charge in [-0.1, -0.05) is 29.3 Å². The predicted octanol–water partition coefficient (Wildman–Crippen LogP) is 7.74. The molecule has 0 bridgehead atoms. The molecule has 9 heterocycles. The zero-order chi connectivity index (χ0) is 49.0. The number of rotatable bonds is 11. The van der Waals surface area contributed by atoms with Gasteiger partial charge in [0.2, 0.25) is 17.7 Å². The highest BCUT2D eigenvalue weighted by Crippen LogP contribution is 2.43. The summed E-state index contributed by atoms with van der Waals surface area (Å²) in [6.45, 7) is 9.48. The predicted molar refractivity (Wildman–Crippen MR) is 272 cm³/mol. The Balaban J connectivity index is 0.602. The lowest BCUT2D eigenvalue weighted by atomic mass is 9.71. The first kappa shape index (κ1) is 47.0. The number of amides is 5. The highest BCUT2D eigenvalue weighted by atomic mass is 35.5. The van der Waals surface area contributed by atoms with Crippen molar-refractivity contribution in [2.24, 2.45) is 18.4 Å². The number of fused-ring (bicyclic) bond motifs is 2. The Labute approximate surface area is 421 Å². The molecule has 0 saturated carbocycles. The number of hydrogen-bond acceptors (Lipinski definition) is 11. The number of urea groups is 1. The van der Waals surface area contributed by atoms with Crippen LogP contribution in [0.2, 0.25) is 10.0 Å².